The molecule has 0 spiro atoms. The average Bonchev–Trinajstić information content (AvgIpc) is 2.56. The summed E-state index contributed by atoms with van der Waals surface area (Å²) < 4.78 is 34.0. The maximum absolute atomic E-state index is 12.8. The molecule has 1 unspecified atom stereocenters. The molecule has 6 nitrogen and oxygen atoms in total. The van der Waals surface area contributed by atoms with Crippen LogP contribution in [0.25, 0.3) is 0 Å². The molecule has 26 heavy (non-hydrogen) atoms. The number of rotatable bonds is 3. The van der Waals surface area contributed by atoms with Gasteiger partial charge in [0.1, 0.15) is 11.9 Å². The molecule has 1 N–H and O–H groups in total. The molecule has 1 aliphatic heterocycles. The van der Waals surface area contributed by atoms with Crippen molar-refractivity contribution < 1.29 is 17.9 Å². The lowest BCUT2D eigenvalue weighted by atomic mass is 10.1. The Morgan fingerprint density at radius 1 is 1.19 bits per heavy atom. The Morgan fingerprint density at radius 2 is 1.92 bits per heavy atom. The molecule has 0 bridgehead atoms. The van der Waals surface area contributed by atoms with Gasteiger partial charge in [-0.05, 0) is 50.6 Å². The van der Waals surface area contributed by atoms with Gasteiger partial charge < -0.3 is 9.64 Å². The van der Waals surface area contributed by atoms with Crippen molar-refractivity contribution >= 4 is 27.3 Å². The smallest absolute Gasteiger partial charge is 0.261 e. The molecule has 0 radical (unpaired) electrons. The third kappa shape index (κ3) is 3.53. The molecule has 0 fully saturated rings. The van der Waals surface area contributed by atoms with Gasteiger partial charge in [-0.25, -0.2) is 8.42 Å². The second-order valence-electron chi connectivity index (χ2n) is 6.61. The molecular formula is C19H22N2O4S. The molecule has 0 aliphatic carbocycles. The highest BCUT2D eigenvalue weighted by Gasteiger charge is 2.28. The fourth-order valence-electron chi connectivity index (χ4n) is 3.01. The van der Waals surface area contributed by atoms with Crippen molar-refractivity contribution in [3.05, 3.63) is 47.5 Å². The van der Waals surface area contributed by atoms with E-state index in [9.17, 15) is 13.2 Å². The van der Waals surface area contributed by atoms with Gasteiger partial charge in [-0.1, -0.05) is 17.7 Å². The van der Waals surface area contributed by atoms with E-state index < -0.39 is 10.0 Å². The molecule has 2 aromatic carbocycles. The number of nitrogens with zero attached hydrogens (tertiary/aromatic N) is 1. The standard InChI is InChI=1S/C19H22N2O4S/c1-12-5-7-17(13(2)9-12)20-26(23,24)16-6-8-19-18(10-16)21(15(4)22)11-14(3)25-19/h5-10,14,20H,11H2,1-4H3. The summed E-state index contributed by atoms with van der Waals surface area (Å²) in [6.07, 6.45) is -0.151. The minimum absolute atomic E-state index is 0.0839. The minimum atomic E-state index is -3.79. The number of carbonyl (C=O) groups is 1. The Bertz CT molecular complexity index is 969. The van der Waals surface area contributed by atoms with Crippen molar-refractivity contribution in [3.63, 3.8) is 0 Å². The van der Waals surface area contributed by atoms with Gasteiger partial charge in [0.25, 0.3) is 10.0 Å². The molecule has 7 heteroatoms. The fourth-order valence-corrected chi connectivity index (χ4v) is 4.16. The second kappa shape index (κ2) is 6.64. The lowest BCUT2D eigenvalue weighted by Crippen LogP contribution is -2.41. The number of hydrogen-bond donors (Lipinski definition) is 1. The number of amides is 1. The monoisotopic (exact) mass is 374 g/mol. The van der Waals surface area contributed by atoms with Gasteiger partial charge in [0.2, 0.25) is 5.91 Å². The SMILES string of the molecule is CC(=O)N1CC(C)Oc2ccc(S(=O)(=O)Nc3ccc(C)cc3C)cc21. The summed E-state index contributed by atoms with van der Waals surface area (Å²) >= 11 is 0. The van der Waals surface area contributed by atoms with Gasteiger partial charge in [-0.3, -0.25) is 9.52 Å². The minimum Gasteiger partial charge on any atom is -0.487 e. The zero-order valence-electron chi connectivity index (χ0n) is 15.2. The van der Waals surface area contributed by atoms with E-state index in [4.69, 9.17) is 4.74 Å². The molecule has 138 valence electrons. The van der Waals surface area contributed by atoms with Crippen molar-refractivity contribution in [1.29, 1.82) is 0 Å². The van der Waals surface area contributed by atoms with Gasteiger partial charge in [-0.15, -0.1) is 0 Å². The molecule has 0 saturated heterocycles. The summed E-state index contributed by atoms with van der Waals surface area (Å²) in [4.78, 5) is 13.6. The molecule has 1 atom stereocenters. The highest BCUT2D eigenvalue weighted by molar-refractivity contribution is 7.92. The normalized spacial score (nSPS) is 16.6. The number of nitrogens with one attached hydrogen (secondary N) is 1. The summed E-state index contributed by atoms with van der Waals surface area (Å²) in [5.74, 6) is 0.350. The predicted molar refractivity (Wildman–Crippen MR) is 101 cm³/mol. The second-order valence-corrected chi connectivity index (χ2v) is 8.29. The van der Waals surface area contributed by atoms with Crippen LogP contribution < -0.4 is 14.4 Å². The van der Waals surface area contributed by atoms with E-state index in [0.717, 1.165) is 11.1 Å². The van der Waals surface area contributed by atoms with E-state index >= 15 is 0 Å². The van der Waals surface area contributed by atoms with Crippen molar-refractivity contribution in [3.8, 4) is 5.75 Å². The van der Waals surface area contributed by atoms with Crippen LogP contribution in [0.3, 0.4) is 0 Å². The number of fused-ring (bicyclic) bond motifs is 1. The molecule has 1 amide bonds. The van der Waals surface area contributed by atoms with Crippen LogP contribution in [-0.2, 0) is 14.8 Å². The van der Waals surface area contributed by atoms with Gasteiger partial charge in [0.15, 0.2) is 0 Å². The summed E-state index contributed by atoms with van der Waals surface area (Å²) in [7, 11) is -3.79. The van der Waals surface area contributed by atoms with Crippen molar-refractivity contribution in [2.75, 3.05) is 16.2 Å². The highest BCUT2D eigenvalue weighted by atomic mass is 32.2. The fraction of sp³-hybridized carbons (Fsp3) is 0.316. The molecule has 3 rings (SSSR count). The summed E-state index contributed by atoms with van der Waals surface area (Å²) in [5.41, 5.74) is 2.90. The Morgan fingerprint density at radius 3 is 2.58 bits per heavy atom. The maximum atomic E-state index is 12.8. The van der Waals surface area contributed by atoms with Crippen LogP contribution in [0.4, 0.5) is 11.4 Å². The summed E-state index contributed by atoms with van der Waals surface area (Å²) in [6, 6.07) is 10.1. The third-order valence-electron chi connectivity index (χ3n) is 4.31. The highest BCUT2D eigenvalue weighted by Crippen LogP contribution is 2.36. The van der Waals surface area contributed by atoms with Crippen molar-refractivity contribution in [2.24, 2.45) is 0 Å². The van der Waals surface area contributed by atoms with E-state index in [1.807, 2.05) is 32.9 Å². The summed E-state index contributed by atoms with van der Waals surface area (Å²) in [5, 5.41) is 0. The molecule has 0 aromatic heterocycles. The van der Waals surface area contributed by atoms with Crippen LogP contribution in [0, 0.1) is 13.8 Å². The Labute approximate surface area is 153 Å². The van der Waals surface area contributed by atoms with Gasteiger partial charge >= 0.3 is 0 Å². The van der Waals surface area contributed by atoms with Crippen molar-refractivity contribution in [2.45, 2.75) is 38.7 Å². The van der Waals surface area contributed by atoms with Crippen LogP contribution in [0.5, 0.6) is 5.75 Å². The Balaban J connectivity index is 1.98. The molecule has 2 aromatic rings. The lowest BCUT2D eigenvalue weighted by Gasteiger charge is -2.33. The topological polar surface area (TPSA) is 75.7 Å². The van der Waals surface area contributed by atoms with Crippen LogP contribution in [0.2, 0.25) is 0 Å². The van der Waals surface area contributed by atoms with E-state index in [1.165, 1.54) is 19.1 Å². The first-order valence-electron chi connectivity index (χ1n) is 8.36. The first-order valence-corrected chi connectivity index (χ1v) is 9.84. The number of carbonyl (C=O) groups excluding carboxylic acids is 1. The van der Waals surface area contributed by atoms with Crippen LogP contribution in [0.15, 0.2) is 41.3 Å². The predicted octanol–water partition coefficient (Wildman–Crippen LogP) is 3.24. The number of ether oxygens (including phenoxy) is 1. The van der Waals surface area contributed by atoms with Gasteiger partial charge in [0, 0.05) is 6.92 Å². The van der Waals surface area contributed by atoms with Crippen LogP contribution in [0.1, 0.15) is 25.0 Å². The zero-order chi connectivity index (χ0) is 19.1. The van der Waals surface area contributed by atoms with Gasteiger partial charge in [-0.2, -0.15) is 0 Å². The van der Waals surface area contributed by atoms with Gasteiger partial charge in [0.05, 0.1) is 22.8 Å². The van der Waals surface area contributed by atoms with E-state index in [1.54, 1.807) is 17.0 Å². The van der Waals surface area contributed by atoms with Crippen LogP contribution in [-0.4, -0.2) is 27.0 Å². The first-order chi connectivity index (χ1) is 12.2. The average molecular weight is 374 g/mol. The Hall–Kier alpha value is -2.54. The largest absolute Gasteiger partial charge is 0.487 e. The lowest BCUT2D eigenvalue weighted by molar-refractivity contribution is -0.117. The number of anilines is 2. The quantitative estimate of drug-likeness (QED) is 0.895. The van der Waals surface area contributed by atoms with Crippen molar-refractivity contribution in [1.82, 2.24) is 0 Å². The van der Waals surface area contributed by atoms with E-state index in [0.29, 0.717) is 23.7 Å². The molecule has 1 aliphatic rings. The maximum Gasteiger partial charge on any atom is 0.261 e. The number of aryl methyl sites for hydroxylation is 2. The third-order valence-corrected chi connectivity index (χ3v) is 5.67. The summed E-state index contributed by atoms with van der Waals surface area (Å²) in [6.45, 7) is 7.51. The number of hydrogen-bond acceptors (Lipinski definition) is 4. The first kappa shape index (κ1) is 18.3. The number of benzene rings is 2. The zero-order valence-corrected chi connectivity index (χ0v) is 16.1. The molecular weight excluding hydrogens is 352 g/mol. The van der Waals surface area contributed by atoms with E-state index in [-0.39, 0.29) is 16.9 Å². The number of sulfonamides is 1. The Kier molecular flexibility index (Phi) is 4.66. The van der Waals surface area contributed by atoms with Crippen LogP contribution >= 0.6 is 0 Å². The molecule has 0 saturated carbocycles. The molecule has 1 heterocycles. The van der Waals surface area contributed by atoms with E-state index in [2.05, 4.69) is 4.72 Å².